The lowest BCUT2D eigenvalue weighted by molar-refractivity contribution is 0.857. The molecule has 12 heavy (non-hydrogen) atoms. The third-order valence-electron chi connectivity index (χ3n) is 2.91. The molecule has 0 N–H and O–H groups in total. The second kappa shape index (κ2) is 2.19. The Morgan fingerprint density at radius 1 is 1.17 bits per heavy atom. The van der Waals surface area contributed by atoms with E-state index in [1.165, 1.54) is 36.1 Å². The quantitative estimate of drug-likeness (QED) is 0.512. The molecule has 0 saturated heterocycles. The van der Waals surface area contributed by atoms with Gasteiger partial charge in [0, 0.05) is 18.3 Å². The topological polar surface area (TPSA) is 12.4 Å². The molecule has 0 unspecified atom stereocenters. The number of rotatable bonds is 0. The molecule has 0 bridgehead atoms. The lowest BCUT2D eigenvalue weighted by atomic mass is 9.90. The van der Waals surface area contributed by atoms with E-state index in [4.69, 9.17) is 0 Å². The zero-order chi connectivity index (χ0) is 7.97. The molecule has 0 saturated carbocycles. The van der Waals surface area contributed by atoms with Gasteiger partial charge in [-0.3, -0.25) is 4.99 Å². The molecular formula is C11H11N. The minimum atomic E-state index is 1.07. The summed E-state index contributed by atoms with van der Waals surface area (Å²) in [7, 11) is 0. The van der Waals surface area contributed by atoms with Crippen LogP contribution in [0.25, 0.3) is 0 Å². The predicted octanol–water partition coefficient (Wildman–Crippen LogP) is 2.77. The van der Waals surface area contributed by atoms with E-state index in [9.17, 15) is 0 Å². The van der Waals surface area contributed by atoms with Crippen LogP contribution in [0.15, 0.2) is 39.6 Å². The molecule has 60 valence electrons. The van der Waals surface area contributed by atoms with Crippen LogP contribution in [0.2, 0.25) is 0 Å². The lowest BCUT2D eigenvalue weighted by Gasteiger charge is -2.15. The molecule has 0 aromatic heterocycles. The highest BCUT2D eigenvalue weighted by Gasteiger charge is 2.23. The zero-order valence-electron chi connectivity index (χ0n) is 7.01. The van der Waals surface area contributed by atoms with Gasteiger partial charge in [0.05, 0.1) is 0 Å². The van der Waals surface area contributed by atoms with Crippen molar-refractivity contribution in [1.82, 2.24) is 0 Å². The molecule has 0 fully saturated rings. The summed E-state index contributed by atoms with van der Waals surface area (Å²) in [5.74, 6) is 0. The predicted molar refractivity (Wildman–Crippen MR) is 50.2 cm³/mol. The zero-order valence-corrected chi connectivity index (χ0v) is 7.01. The van der Waals surface area contributed by atoms with Crippen LogP contribution in [0.5, 0.6) is 0 Å². The lowest BCUT2D eigenvalue weighted by Crippen LogP contribution is -1.98. The van der Waals surface area contributed by atoms with E-state index in [1.54, 1.807) is 5.57 Å². The molecular weight excluding hydrogens is 146 g/mol. The van der Waals surface area contributed by atoms with E-state index in [1.807, 2.05) is 6.21 Å². The summed E-state index contributed by atoms with van der Waals surface area (Å²) < 4.78 is 0. The highest BCUT2D eigenvalue weighted by atomic mass is 14.8. The van der Waals surface area contributed by atoms with Gasteiger partial charge in [-0.05, 0) is 30.4 Å². The Balaban J connectivity index is 2.12. The Bertz CT molecular complexity index is 353. The van der Waals surface area contributed by atoms with Gasteiger partial charge in [-0.1, -0.05) is 17.7 Å². The van der Waals surface area contributed by atoms with Crippen molar-refractivity contribution in [3.05, 3.63) is 34.6 Å². The minimum absolute atomic E-state index is 1.07. The smallest absolute Gasteiger partial charge is 0.0444 e. The van der Waals surface area contributed by atoms with Gasteiger partial charge in [0.25, 0.3) is 0 Å². The maximum atomic E-state index is 4.40. The molecule has 1 nitrogen and oxygen atoms in total. The first-order valence-electron chi connectivity index (χ1n) is 4.58. The Hall–Kier alpha value is -1.11. The van der Waals surface area contributed by atoms with Crippen molar-refractivity contribution in [2.24, 2.45) is 4.99 Å². The number of nitrogens with zero attached hydrogens (tertiary/aromatic N) is 1. The van der Waals surface area contributed by atoms with Crippen LogP contribution in [0, 0.1) is 0 Å². The summed E-state index contributed by atoms with van der Waals surface area (Å²) in [6.45, 7) is 0. The minimum Gasteiger partial charge on any atom is -0.265 e. The summed E-state index contributed by atoms with van der Waals surface area (Å²) in [5, 5.41) is 0. The fourth-order valence-electron chi connectivity index (χ4n) is 2.29. The molecule has 0 atom stereocenters. The first-order valence-corrected chi connectivity index (χ1v) is 4.58. The molecule has 0 aromatic rings. The summed E-state index contributed by atoms with van der Waals surface area (Å²) in [6.07, 6.45) is 11.3. The van der Waals surface area contributed by atoms with Crippen LogP contribution in [-0.2, 0) is 0 Å². The summed E-state index contributed by atoms with van der Waals surface area (Å²) >= 11 is 0. The van der Waals surface area contributed by atoms with E-state index in [-0.39, 0.29) is 0 Å². The number of fused-ring (bicyclic) bond motifs is 1. The van der Waals surface area contributed by atoms with Crippen LogP contribution >= 0.6 is 0 Å². The van der Waals surface area contributed by atoms with Gasteiger partial charge in [0.2, 0.25) is 0 Å². The van der Waals surface area contributed by atoms with Crippen molar-refractivity contribution in [2.45, 2.75) is 25.7 Å². The van der Waals surface area contributed by atoms with E-state index < -0.39 is 0 Å². The van der Waals surface area contributed by atoms with Crippen molar-refractivity contribution >= 4 is 6.21 Å². The molecule has 2 aliphatic carbocycles. The van der Waals surface area contributed by atoms with Crippen molar-refractivity contribution < 1.29 is 0 Å². The Morgan fingerprint density at radius 2 is 2.17 bits per heavy atom. The van der Waals surface area contributed by atoms with Gasteiger partial charge < -0.3 is 0 Å². The van der Waals surface area contributed by atoms with Crippen LogP contribution in [0.3, 0.4) is 0 Å². The van der Waals surface area contributed by atoms with E-state index >= 15 is 0 Å². The number of aliphatic imine (C=N–C) groups is 1. The Kier molecular flexibility index (Phi) is 1.17. The van der Waals surface area contributed by atoms with Crippen LogP contribution in [0.4, 0.5) is 0 Å². The average molecular weight is 157 g/mol. The fraction of sp³-hybridized carbons (Fsp3) is 0.364. The third kappa shape index (κ3) is 0.711. The van der Waals surface area contributed by atoms with Crippen LogP contribution in [0.1, 0.15) is 25.7 Å². The highest BCUT2D eigenvalue weighted by molar-refractivity contribution is 5.73. The number of allylic oxidation sites excluding steroid dienone is 6. The molecule has 0 aromatic carbocycles. The first kappa shape index (κ1) is 6.41. The van der Waals surface area contributed by atoms with Gasteiger partial charge in [-0.25, -0.2) is 0 Å². The monoisotopic (exact) mass is 157 g/mol. The molecule has 3 aliphatic rings. The van der Waals surface area contributed by atoms with Gasteiger partial charge in [0.1, 0.15) is 0 Å². The number of hydrogen-bond donors (Lipinski definition) is 0. The molecule has 0 spiro atoms. The molecule has 0 amide bonds. The molecule has 1 heterocycles. The first-order chi connectivity index (χ1) is 5.95. The largest absolute Gasteiger partial charge is 0.265 e. The van der Waals surface area contributed by atoms with Crippen LogP contribution < -0.4 is 0 Å². The van der Waals surface area contributed by atoms with Crippen molar-refractivity contribution in [1.29, 1.82) is 0 Å². The van der Waals surface area contributed by atoms with Gasteiger partial charge in [-0.2, -0.15) is 0 Å². The summed E-state index contributed by atoms with van der Waals surface area (Å²) in [5.41, 5.74) is 6.00. The van der Waals surface area contributed by atoms with Crippen molar-refractivity contribution in [3.8, 4) is 0 Å². The van der Waals surface area contributed by atoms with Crippen LogP contribution in [-0.4, -0.2) is 6.21 Å². The number of hydrogen-bond acceptors (Lipinski definition) is 1. The maximum absolute atomic E-state index is 4.40. The molecule has 0 radical (unpaired) electrons. The van der Waals surface area contributed by atoms with E-state index in [0.717, 1.165) is 6.42 Å². The molecule has 1 aliphatic heterocycles. The van der Waals surface area contributed by atoms with Gasteiger partial charge >= 0.3 is 0 Å². The fourth-order valence-corrected chi connectivity index (χ4v) is 2.29. The SMILES string of the molecule is C1=CC2=C(C1)CCC1=C2CC=N1. The standard InChI is InChI=1S/C11H11N/c1-2-8-4-5-11-10(6-7-12-11)9(8)3-1/h1,3,7H,2,4-6H2. The van der Waals surface area contributed by atoms with Crippen molar-refractivity contribution in [3.63, 3.8) is 0 Å². The Morgan fingerprint density at radius 3 is 3.17 bits per heavy atom. The summed E-state index contributed by atoms with van der Waals surface area (Å²) in [4.78, 5) is 4.40. The Labute approximate surface area is 72.2 Å². The van der Waals surface area contributed by atoms with Crippen molar-refractivity contribution in [2.75, 3.05) is 0 Å². The van der Waals surface area contributed by atoms with Gasteiger partial charge in [0.15, 0.2) is 0 Å². The van der Waals surface area contributed by atoms with Gasteiger partial charge in [-0.15, -0.1) is 0 Å². The summed E-state index contributed by atoms with van der Waals surface area (Å²) in [6, 6.07) is 0. The second-order valence-electron chi connectivity index (χ2n) is 3.56. The normalized spacial score (nSPS) is 25.3. The van der Waals surface area contributed by atoms with E-state index in [0.29, 0.717) is 0 Å². The average Bonchev–Trinajstić information content (AvgIpc) is 2.71. The maximum Gasteiger partial charge on any atom is 0.0444 e. The van der Waals surface area contributed by atoms with E-state index in [2.05, 4.69) is 17.1 Å². The molecule has 3 rings (SSSR count). The second-order valence-corrected chi connectivity index (χ2v) is 3.56. The highest BCUT2D eigenvalue weighted by Crippen LogP contribution is 2.39. The molecule has 1 heteroatoms. The third-order valence-corrected chi connectivity index (χ3v) is 2.91.